The van der Waals surface area contributed by atoms with Crippen LogP contribution < -0.4 is 17.6 Å². The van der Waals surface area contributed by atoms with Gasteiger partial charge in [-0.05, 0) is 18.1 Å². The second kappa shape index (κ2) is 3.95. The molecule has 0 unspecified atom stereocenters. The van der Waals surface area contributed by atoms with Crippen molar-refractivity contribution in [3.05, 3.63) is 29.8 Å². The number of hydrogen-bond donors (Lipinski definition) is 3. The fraction of sp³-hybridized carbons (Fsp3) is 0.250. The fourth-order valence-corrected chi connectivity index (χ4v) is 1.24. The molecule has 0 amide bonds. The molecule has 0 fully saturated rings. The maximum Gasteiger partial charge on any atom is 0.0373 e. The van der Waals surface area contributed by atoms with Crippen LogP contribution in [0.5, 0.6) is 0 Å². The Labute approximate surface area is 67.0 Å². The standard InChI is InChI=1S/C8H9N.2H3N/c1-2-4-8-7(3-1)5-6-9-8;;/h1-4,9H,5-6H2;2*1H3. The smallest absolute Gasteiger partial charge is 0.0373 e. The lowest BCUT2D eigenvalue weighted by molar-refractivity contribution is 1.11. The van der Waals surface area contributed by atoms with Crippen molar-refractivity contribution in [1.29, 1.82) is 0 Å². The van der Waals surface area contributed by atoms with Crippen LogP contribution in [0, 0.1) is 0 Å². The van der Waals surface area contributed by atoms with Gasteiger partial charge < -0.3 is 17.6 Å². The summed E-state index contributed by atoms with van der Waals surface area (Å²) in [5, 5.41) is 3.30. The number of para-hydroxylation sites is 1. The van der Waals surface area contributed by atoms with Gasteiger partial charge in [-0.2, -0.15) is 0 Å². The van der Waals surface area contributed by atoms with Gasteiger partial charge in [-0.25, -0.2) is 0 Å². The molecule has 1 aromatic carbocycles. The number of benzene rings is 1. The van der Waals surface area contributed by atoms with E-state index in [0.29, 0.717) is 0 Å². The summed E-state index contributed by atoms with van der Waals surface area (Å²) >= 11 is 0. The highest BCUT2D eigenvalue weighted by molar-refractivity contribution is 5.54. The molecule has 0 atom stereocenters. The van der Waals surface area contributed by atoms with Gasteiger partial charge in [0.25, 0.3) is 0 Å². The summed E-state index contributed by atoms with van der Waals surface area (Å²) in [5.41, 5.74) is 2.77. The van der Waals surface area contributed by atoms with E-state index in [4.69, 9.17) is 0 Å². The minimum Gasteiger partial charge on any atom is -0.384 e. The number of anilines is 1. The number of fused-ring (bicyclic) bond motifs is 1. The summed E-state index contributed by atoms with van der Waals surface area (Å²) in [7, 11) is 0. The van der Waals surface area contributed by atoms with Gasteiger partial charge in [0.05, 0.1) is 0 Å². The first kappa shape index (κ1) is 9.94. The minimum absolute atomic E-state index is 0. The van der Waals surface area contributed by atoms with Crippen LogP contribution in [0.2, 0.25) is 0 Å². The molecule has 0 aromatic heterocycles. The second-order valence-electron chi connectivity index (χ2n) is 2.33. The van der Waals surface area contributed by atoms with Gasteiger partial charge in [0.1, 0.15) is 0 Å². The molecule has 1 aliphatic rings. The first-order chi connectivity index (χ1) is 4.47. The third-order valence-corrected chi connectivity index (χ3v) is 1.73. The van der Waals surface area contributed by atoms with Crippen molar-refractivity contribution in [2.75, 3.05) is 11.9 Å². The molecule has 1 aliphatic heterocycles. The Hall–Kier alpha value is -1.06. The number of nitrogens with one attached hydrogen (secondary N) is 1. The third-order valence-electron chi connectivity index (χ3n) is 1.73. The van der Waals surface area contributed by atoms with E-state index in [2.05, 4.69) is 29.6 Å². The van der Waals surface area contributed by atoms with E-state index in [9.17, 15) is 0 Å². The fourth-order valence-electron chi connectivity index (χ4n) is 1.24. The van der Waals surface area contributed by atoms with Gasteiger partial charge in [0.15, 0.2) is 0 Å². The highest BCUT2D eigenvalue weighted by Gasteiger charge is 2.05. The molecule has 1 aromatic rings. The molecule has 3 heteroatoms. The van der Waals surface area contributed by atoms with E-state index >= 15 is 0 Å². The Bertz CT molecular complexity index is 199. The Kier molecular flexibility index (Phi) is 3.57. The molecule has 2 rings (SSSR count). The molecule has 1 heterocycles. The SMILES string of the molecule is N.N.c1ccc2c(c1)CCN2. The van der Waals surface area contributed by atoms with E-state index in [1.807, 2.05) is 0 Å². The second-order valence-corrected chi connectivity index (χ2v) is 2.33. The third kappa shape index (κ3) is 1.69. The maximum atomic E-state index is 3.30. The maximum absolute atomic E-state index is 3.30. The van der Waals surface area contributed by atoms with E-state index in [1.54, 1.807) is 0 Å². The van der Waals surface area contributed by atoms with E-state index in [0.717, 1.165) is 6.54 Å². The molecule has 0 spiro atoms. The number of hydrogen-bond acceptors (Lipinski definition) is 3. The molecular weight excluding hydrogens is 138 g/mol. The van der Waals surface area contributed by atoms with Crippen LogP contribution in [0.15, 0.2) is 24.3 Å². The van der Waals surface area contributed by atoms with Gasteiger partial charge in [0, 0.05) is 12.2 Å². The van der Waals surface area contributed by atoms with E-state index in [-0.39, 0.29) is 12.3 Å². The predicted molar refractivity (Wildman–Crippen MR) is 48.7 cm³/mol. The lowest BCUT2D eigenvalue weighted by Gasteiger charge is -1.94. The summed E-state index contributed by atoms with van der Waals surface area (Å²) in [6, 6.07) is 8.46. The molecule has 3 nitrogen and oxygen atoms in total. The van der Waals surface area contributed by atoms with E-state index < -0.39 is 0 Å². The van der Waals surface area contributed by atoms with Crippen molar-refractivity contribution in [2.45, 2.75) is 6.42 Å². The summed E-state index contributed by atoms with van der Waals surface area (Å²) in [6.45, 7) is 1.11. The molecule has 0 saturated carbocycles. The Morgan fingerprint density at radius 3 is 2.55 bits per heavy atom. The van der Waals surface area contributed by atoms with Crippen LogP contribution in [-0.4, -0.2) is 6.54 Å². The van der Waals surface area contributed by atoms with Crippen molar-refractivity contribution in [3.63, 3.8) is 0 Å². The van der Waals surface area contributed by atoms with Crippen molar-refractivity contribution in [3.8, 4) is 0 Å². The van der Waals surface area contributed by atoms with Crippen molar-refractivity contribution >= 4 is 5.69 Å². The van der Waals surface area contributed by atoms with E-state index in [1.165, 1.54) is 17.7 Å². The van der Waals surface area contributed by atoms with Crippen LogP contribution in [-0.2, 0) is 6.42 Å². The van der Waals surface area contributed by atoms with Gasteiger partial charge in [-0.15, -0.1) is 0 Å². The largest absolute Gasteiger partial charge is 0.384 e. The zero-order valence-electron chi connectivity index (χ0n) is 6.64. The number of rotatable bonds is 0. The monoisotopic (exact) mass is 153 g/mol. The summed E-state index contributed by atoms with van der Waals surface area (Å²) in [5.74, 6) is 0. The van der Waals surface area contributed by atoms with Crippen LogP contribution in [0.25, 0.3) is 0 Å². The molecule has 7 N–H and O–H groups in total. The van der Waals surface area contributed by atoms with Crippen LogP contribution in [0.1, 0.15) is 5.56 Å². The molecule has 0 saturated heterocycles. The van der Waals surface area contributed by atoms with Gasteiger partial charge >= 0.3 is 0 Å². The first-order valence-electron chi connectivity index (χ1n) is 3.28. The molecule has 11 heavy (non-hydrogen) atoms. The average molecular weight is 153 g/mol. The normalized spacial score (nSPS) is 12.0. The molecule has 0 bridgehead atoms. The van der Waals surface area contributed by atoms with Crippen LogP contribution >= 0.6 is 0 Å². The molecule has 0 aliphatic carbocycles. The summed E-state index contributed by atoms with van der Waals surface area (Å²) in [4.78, 5) is 0. The quantitative estimate of drug-likeness (QED) is 0.533. The molecule has 62 valence electrons. The highest BCUT2D eigenvalue weighted by atomic mass is 14.9. The lowest BCUT2D eigenvalue weighted by atomic mass is 10.2. The zero-order valence-corrected chi connectivity index (χ0v) is 6.64. The van der Waals surface area contributed by atoms with Crippen molar-refractivity contribution in [1.82, 2.24) is 12.3 Å². The molecule has 0 radical (unpaired) electrons. The first-order valence-corrected chi connectivity index (χ1v) is 3.28. The zero-order chi connectivity index (χ0) is 6.10. The Balaban J connectivity index is 0.000000500. The topological polar surface area (TPSA) is 82.0 Å². The van der Waals surface area contributed by atoms with Crippen molar-refractivity contribution < 1.29 is 0 Å². The van der Waals surface area contributed by atoms with Gasteiger partial charge in [-0.1, -0.05) is 18.2 Å². The molecular formula is C8H15N3. The van der Waals surface area contributed by atoms with Gasteiger partial charge in [0.2, 0.25) is 0 Å². The van der Waals surface area contributed by atoms with Gasteiger partial charge in [-0.3, -0.25) is 0 Å². The summed E-state index contributed by atoms with van der Waals surface area (Å²) < 4.78 is 0. The Morgan fingerprint density at radius 2 is 1.82 bits per heavy atom. The highest BCUT2D eigenvalue weighted by Crippen LogP contribution is 2.19. The average Bonchev–Trinajstić information content (AvgIpc) is 2.33. The van der Waals surface area contributed by atoms with Crippen molar-refractivity contribution in [2.24, 2.45) is 0 Å². The van der Waals surface area contributed by atoms with Crippen LogP contribution in [0.4, 0.5) is 5.69 Å². The summed E-state index contributed by atoms with van der Waals surface area (Å²) in [6.07, 6.45) is 1.19. The lowest BCUT2D eigenvalue weighted by Crippen LogP contribution is -1.90. The predicted octanol–water partition coefficient (Wildman–Crippen LogP) is 1.98. The minimum atomic E-state index is 0. The van der Waals surface area contributed by atoms with Crippen LogP contribution in [0.3, 0.4) is 0 Å². The Morgan fingerprint density at radius 1 is 1.09 bits per heavy atom.